The number of hydrogen-bond donors (Lipinski definition) is 1. The van der Waals surface area contributed by atoms with Crippen LogP contribution in [0.2, 0.25) is 0 Å². The van der Waals surface area contributed by atoms with Crippen LogP contribution < -0.4 is 5.32 Å². The fraction of sp³-hybridized carbons (Fsp3) is 0.714. The smallest absolute Gasteiger partial charge is 0.330 e. The molecule has 0 aliphatic heterocycles. The van der Waals surface area contributed by atoms with E-state index in [1.54, 1.807) is 0 Å². The molecule has 0 radical (unpaired) electrons. The van der Waals surface area contributed by atoms with Gasteiger partial charge in [-0.15, -0.1) is 0 Å². The van der Waals surface area contributed by atoms with Gasteiger partial charge in [-0.3, -0.25) is 4.79 Å². The standard InChI is InChI=1S/C14H23NO3/c1-11(2)10-18-14(17)9-8-13(16)15-12-6-4-3-5-7-12/h8-9,11-12H,3-7,10H2,1-2H3,(H,15,16). The van der Waals surface area contributed by atoms with Gasteiger partial charge in [0.05, 0.1) is 6.61 Å². The first-order chi connectivity index (χ1) is 8.58. The van der Waals surface area contributed by atoms with Gasteiger partial charge in [-0.2, -0.15) is 0 Å². The molecular formula is C14H23NO3. The van der Waals surface area contributed by atoms with Gasteiger partial charge < -0.3 is 10.1 Å². The molecule has 1 N–H and O–H groups in total. The summed E-state index contributed by atoms with van der Waals surface area (Å²) in [6.45, 7) is 4.31. The van der Waals surface area contributed by atoms with Crippen LogP contribution in [0.15, 0.2) is 12.2 Å². The van der Waals surface area contributed by atoms with E-state index < -0.39 is 5.97 Å². The maximum absolute atomic E-state index is 11.5. The van der Waals surface area contributed by atoms with Crippen molar-refractivity contribution in [3.05, 3.63) is 12.2 Å². The Morgan fingerprint density at radius 1 is 1.22 bits per heavy atom. The molecule has 1 fully saturated rings. The third-order valence-electron chi connectivity index (χ3n) is 2.88. The monoisotopic (exact) mass is 253 g/mol. The van der Waals surface area contributed by atoms with Crippen LogP contribution in [-0.2, 0) is 14.3 Å². The van der Waals surface area contributed by atoms with Crippen molar-refractivity contribution in [1.29, 1.82) is 0 Å². The Balaban J connectivity index is 2.23. The predicted octanol–water partition coefficient (Wildman–Crippen LogP) is 2.19. The van der Waals surface area contributed by atoms with E-state index in [9.17, 15) is 9.59 Å². The summed E-state index contributed by atoms with van der Waals surface area (Å²) in [5.41, 5.74) is 0. The molecule has 18 heavy (non-hydrogen) atoms. The molecule has 4 nitrogen and oxygen atoms in total. The van der Waals surface area contributed by atoms with Gasteiger partial charge in [0.1, 0.15) is 0 Å². The summed E-state index contributed by atoms with van der Waals surface area (Å²) in [5, 5.41) is 2.91. The Morgan fingerprint density at radius 3 is 2.50 bits per heavy atom. The van der Waals surface area contributed by atoms with E-state index in [1.165, 1.54) is 31.4 Å². The van der Waals surface area contributed by atoms with E-state index in [4.69, 9.17) is 4.74 Å². The average Bonchev–Trinajstić information content (AvgIpc) is 2.35. The Kier molecular flexibility index (Phi) is 6.47. The first kappa shape index (κ1) is 14.7. The molecule has 0 aromatic carbocycles. The summed E-state index contributed by atoms with van der Waals surface area (Å²) in [6, 6.07) is 0.266. The van der Waals surface area contributed by atoms with Crippen LogP contribution in [-0.4, -0.2) is 24.5 Å². The normalized spacial score (nSPS) is 17.1. The van der Waals surface area contributed by atoms with Crippen molar-refractivity contribution in [3.8, 4) is 0 Å². The maximum atomic E-state index is 11.5. The van der Waals surface area contributed by atoms with Gasteiger partial charge in [0, 0.05) is 18.2 Å². The Morgan fingerprint density at radius 2 is 1.89 bits per heavy atom. The fourth-order valence-corrected chi connectivity index (χ4v) is 1.94. The number of amides is 1. The molecule has 1 saturated carbocycles. The Bertz CT molecular complexity index is 304. The Labute approximate surface area is 109 Å². The summed E-state index contributed by atoms with van der Waals surface area (Å²) in [5.74, 6) is -0.357. The van der Waals surface area contributed by atoms with Gasteiger partial charge in [-0.05, 0) is 18.8 Å². The van der Waals surface area contributed by atoms with E-state index >= 15 is 0 Å². The highest BCUT2D eigenvalue weighted by Gasteiger charge is 2.14. The van der Waals surface area contributed by atoms with Gasteiger partial charge in [0.25, 0.3) is 0 Å². The second-order valence-electron chi connectivity index (χ2n) is 5.20. The van der Waals surface area contributed by atoms with Crippen LogP contribution >= 0.6 is 0 Å². The lowest BCUT2D eigenvalue weighted by atomic mass is 9.95. The largest absolute Gasteiger partial charge is 0.462 e. The second-order valence-corrected chi connectivity index (χ2v) is 5.20. The minimum absolute atomic E-state index is 0.205. The van der Waals surface area contributed by atoms with E-state index in [2.05, 4.69) is 5.32 Å². The first-order valence-electron chi connectivity index (χ1n) is 6.73. The van der Waals surface area contributed by atoms with Crippen molar-refractivity contribution in [1.82, 2.24) is 5.32 Å². The molecule has 0 aromatic rings. The quantitative estimate of drug-likeness (QED) is 0.603. The van der Waals surface area contributed by atoms with Gasteiger partial charge in [0.2, 0.25) is 5.91 Å². The van der Waals surface area contributed by atoms with Crippen molar-refractivity contribution in [3.63, 3.8) is 0 Å². The summed E-state index contributed by atoms with van der Waals surface area (Å²) < 4.78 is 4.94. The SMILES string of the molecule is CC(C)COC(=O)C=CC(=O)NC1CCCCC1. The highest BCUT2D eigenvalue weighted by Crippen LogP contribution is 2.17. The van der Waals surface area contributed by atoms with Crippen molar-refractivity contribution >= 4 is 11.9 Å². The van der Waals surface area contributed by atoms with E-state index in [0.29, 0.717) is 12.5 Å². The second kappa shape index (κ2) is 7.90. The van der Waals surface area contributed by atoms with E-state index in [1.807, 2.05) is 13.8 Å². The van der Waals surface area contributed by atoms with Gasteiger partial charge >= 0.3 is 5.97 Å². The molecule has 0 atom stereocenters. The highest BCUT2D eigenvalue weighted by atomic mass is 16.5. The maximum Gasteiger partial charge on any atom is 0.330 e. The van der Waals surface area contributed by atoms with Crippen molar-refractivity contribution in [2.45, 2.75) is 52.0 Å². The zero-order valence-electron chi connectivity index (χ0n) is 11.3. The minimum Gasteiger partial charge on any atom is -0.462 e. The molecule has 0 unspecified atom stereocenters. The van der Waals surface area contributed by atoms with Gasteiger partial charge in [0.15, 0.2) is 0 Å². The number of carbonyl (C=O) groups excluding carboxylic acids is 2. The van der Waals surface area contributed by atoms with Crippen LogP contribution in [0.1, 0.15) is 46.0 Å². The summed E-state index contributed by atoms with van der Waals surface area (Å²) in [6.07, 6.45) is 8.13. The Hall–Kier alpha value is -1.32. The molecule has 0 spiro atoms. The lowest BCUT2D eigenvalue weighted by Gasteiger charge is -2.21. The molecule has 0 bridgehead atoms. The first-order valence-corrected chi connectivity index (χ1v) is 6.73. The topological polar surface area (TPSA) is 55.4 Å². The number of esters is 1. The third kappa shape index (κ3) is 6.42. The van der Waals surface area contributed by atoms with Gasteiger partial charge in [-0.25, -0.2) is 4.79 Å². The lowest BCUT2D eigenvalue weighted by Crippen LogP contribution is -2.35. The van der Waals surface area contributed by atoms with E-state index in [-0.39, 0.29) is 11.9 Å². The number of carbonyl (C=O) groups is 2. The molecule has 1 rings (SSSR count). The van der Waals surface area contributed by atoms with Crippen LogP contribution in [0.25, 0.3) is 0 Å². The molecule has 4 heteroatoms. The van der Waals surface area contributed by atoms with Crippen LogP contribution in [0, 0.1) is 5.92 Å². The zero-order chi connectivity index (χ0) is 13.4. The number of hydrogen-bond acceptors (Lipinski definition) is 3. The average molecular weight is 253 g/mol. The molecular weight excluding hydrogens is 230 g/mol. The summed E-state index contributed by atoms with van der Waals surface area (Å²) in [7, 11) is 0. The van der Waals surface area contributed by atoms with Crippen molar-refractivity contribution < 1.29 is 14.3 Å². The van der Waals surface area contributed by atoms with Crippen LogP contribution in [0.5, 0.6) is 0 Å². The number of nitrogens with one attached hydrogen (secondary N) is 1. The van der Waals surface area contributed by atoms with Crippen molar-refractivity contribution in [2.75, 3.05) is 6.61 Å². The zero-order valence-corrected chi connectivity index (χ0v) is 11.3. The lowest BCUT2D eigenvalue weighted by molar-refractivity contribution is -0.139. The molecule has 0 heterocycles. The van der Waals surface area contributed by atoms with Crippen molar-refractivity contribution in [2.24, 2.45) is 5.92 Å². The van der Waals surface area contributed by atoms with E-state index in [0.717, 1.165) is 12.8 Å². The third-order valence-corrected chi connectivity index (χ3v) is 2.88. The highest BCUT2D eigenvalue weighted by molar-refractivity contribution is 5.94. The van der Waals surface area contributed by atoms with Crippen LogP contribution in [0.4, 0.5) is 0 Å². The van der Waals surface area contributed by atoms with Gasteiger partial charge in [-0.1, -0.05) is 33.1 Å². The summed E-state index contributed by atoms with van der Waals surface area (Å²) >= 11 is 0. The molecule has 0 aromatic heterocycles. The van der Waals surface area contributed by atoms with Crippen LogP contribution in [0.3, 0.4) is 0 Å². The molecule has 1 aliphatic rings. The number of rotatable bonds is 5. The molecule has 1 aliphatic carbocycles. The molecule has 102 valence electrons. The fourth-order valence-electron chi connectivity index (χ4n) is 1.94. The molecule has 1 amide bonds. The summed E-state index contributed by atoms with van der Waals surface area (Å²) in [4.78, 5) is 22.8. The predicted molar refractivity (Wildman–Crippen MR) is 70.0 cm³/mol. The number of ether oxygens (including phenoxy) is 1. The molecule has 0 saturated heterocycles. The minimum atomic E-state index is -0.456.